The van der Waals surface area contributed by atoms with Gasteiger partial charge in [-0.3, -0.25) is 0 Å². The Bertz CT molecular complexity index is 356. The van der Waals surface area contributed by atoms with Gasteiger partial charge in [0, 0.05) is 6.61 Å². The monoisotopic (exact) mass is 324 g/mol. The lowest BCUT2D eigenvalue weighted by atomic mass is 10.4. The molecule has 0 rings (SSSR count). The van der Waals surface area contributed by atoms with E-state index in [4.69, 9.17) is 4.43 Å². The Balaban J connectivity index is 4.53. The number of rotatable bonds is 7. The van der Waals surface area contributed by atoms with Crippen molar-refractivity contribution in [3.05, 3.63) is 12.2 Å². The summed E-state index contributed by atoms with van der Waals surface area (Å²) in [7, 11) is -2.93. The van der Waals surface area contributed by atoms with E-state index in [-0.39, 0.29) is 0 Å². The zero-order valence-corrected chi connectivity index (χ0v) is 17.7. The van der Waals surface area contributed by atoms with Gasteiger partial charge < -0.3 is 4.43 Å². The van der Waals surface area contributed by atoms with Gasteiger partial charge in [-0.25, -0.2) is 0 Å². The van der Waals surface area contributed by atoms with Crippen molar-refractivity contribution >= 4 is 16.4 Å². The summed E-state index contributed by atoms with van der Waals surface area (Å²) in [6.07, 6.45) is 5.14. The van der Waals surface area contributed by atoms with Crippen LogP contribution in [-0.2, 0) is 4.43 Å². The first-order chi connectivity index (χ1) is 9.54. The lowest BCUT2D eigenvalue weighted by molar-refractivity contribution is 0.284. The lowest BCUT2D eigenvalue weighted by Gasteiger charge is -2.42. The van der Waals surface area contributed by atoms with E-state index in [2.05, 4.69) is 78.7 Å². The van der Waals surface area contributed by atoms with E-state index >= 15 is 0 Å². The van der Waals surface area contributed by atoms with Gasteiger partial charge in [0.05, 0.1) is 0 Å². The zero-order chi connectivity index (χ0) is 16.7. The van der Waals surface area contributed by atoms with E-state index in [0.29, 0.717) is 16.6 Å². The molecule has 0 fully saturated rings. The third kappa shape index (κ3) is 6.99. The van der Waals surface area contributed by atoms with E-state index < -0.39 is 16.4 Å². The Morgan fingerprint density at radius 1 is 0.905 bits per heavy atom. The molecule has 0 aliphatic rings. The second-order valence-electron chi connectivity index (χ2n) is 7.88. The van der Waals surface area contributed by atoms with Crippen molar-refractivity contribution in [2.75, 3.05) is 6.61 Å². The van der Waals surface area contributed by atoms with E-state index in [9.17, 15) is 0 Å². The van der Waals surface area contributed by atoms with Crippen molar-refractivity contribution in [1.82, 2.24) is 0 Å². The number of hydrogen-bond donors (Lipinski definition) is 0. The van der Waals surface area contributed by atoms with E-state index in [1.54, 1.807) is 0 Å². The highest BCUT2D eigenvalue weighted by atomic mass is 28.4. The molecule has 0 aromatic rings. The van der Waals surface area contributed by atoms with Crippen LogP contribution in [0.25, 0.3) is 0 Å². The molecule has 0 amide bonds. The molecule has 0 heterocycles. The van der Waals surface area contributed by atoms with E-state index in [1.165, 1.54) is 0 Å². The highest BCUT2D eigenvalue weighted by Crippen LogP contribution is 2.42. The SMILES string of the molecule is CC(C)[Si](OCC/C=C/C#C[Si](C)(C)C)(C(C)C)C(C)C. The third-order valence-corrected chi connectivity index (χ3v) is 11.0. The second-order valence-corrected chi connectivity index (χ2v) is 18.1. The highest BCUT2D eigenvalue weighted by molar-refractivity contribution is 6.83. The topological polar surface area (TPSA) is 9.23 Å². The molecule has 0 unspecified atom stereocenters. The molecule has 0 aliphatic heterocycles. The van der Waals surface area contributed by atoms with Gasteiger partial charge in [-0.2, -0.15) is 0 Å². The summed E-state index contributed by atoms with van der Waals surface area (Å²) < 4.78 is 6.51. The van der Waals surface area contributed by atoms with Crippen LogP contribution in [0.5, 0.6) is 0 Å². The molecule has 0 atom stereocenters. The van der Waals surface area contributed by atoms with Crippen molar-refractivity contribution in [3.63, 3.8) is 0 Å². The minimum atomic E-state index is -1.69. The first kappa shape index (κ1) is 20.7. The Morgan fingerprint density at radius 2 is 1.38 bits per heavy atom. The molecule has 0 N–H and O–H groups in total. The smallest absolute Gasteiger partial charge is 0.200 e. The molecule has 0 aliphatic carbocycles. The summed E-state index contributed by atoms with van der Waals surface area (Å²) in [5.74, 6) is 3.18. The molecule has 3 heteroatoms. The normalized spacial score (nSPS) is 13.3. The molecule has 0 aromatic heterocycles. The Morgan fingerprint density at radius 3 is 1.76 bits per heavy atom. The predicted octanol–water partition coefficient (Wildman–Crippen LogP) is 6.01. The highest BCUT2D eigenvalue weighted by Gasteiger charge is 2.44. The third-order valence-electron chi connectivity index (χ3n) is 3.99. The van der Waals surface area contributed by atoms with Crippen molar-refractivity contribution in [3.8, 4) is 11.5 Å². The molecular weight excluding hydrogens is 288 g/mol. The van der Waals surface area contributed by atoms with Gasteiger partial charge in [0.1, 0.15) is 8.07 Å². The summed E-state index contributed by atoms with van der Waals surface area (Å²) in [6.45, 7) is 21.7. The average Bonchev–Trinajstić information content (AvgIpc) is 2.29. The van der Waals surface area contributed by atoms with Gasteiger partial charge in [0.15, 0.2) is 8.32 Å². The average molecular weight is 325 g/mol. The molecule has 0 aromatic carbocycles. The van der Waals surface area contributed by atoms with E-state index in [0.717, 1.165) is 13.0 Å². The van der Waals surface area contributed by atoms with Crippen LogP contribution in [0.15, 0.2) is 12.2 Å². The maximum absolute atomic E-state index is 6.51. The second kappa shape index (κ2) is 8.97. The molecule has 0 spiro atoms. The van der Waals surface area contributed by atoms with Crippen molar-refractivity contribution < 1.29 is 4.43 Å². The summed E-state index contributed by atoms with van der Waals surface area (Å²) in [5, 5.41) is 0. The maximum Gasteiger partial charge on any atom is 0.200 e. The number of allylic oxidation sites excluding steroid dienone is 1. The Labute approximate surface area is 135 Å². The van der Waals surface area contributed by atoms with E-state index in [1.807, 2.05) is 6.08 Å². The van der Waals surface area contributed by atoms with Crippen LogP contribution in [0.1, 0.15) is 48.0 Å². The van der Waals surface area contributed by atoms with Gasteiger partial charge >= 0.3 is 0 Å². The van der Waals surface area contributed by atoms with Gasteiger partial charge in [0.2, 0.25) is 0 Å². The molecule has 1 nitrogen and oxygen atoms in total. The van der Waals surface area contributed by atoms with Gasteiger partial charge in [-0.05, 0) is 29.1 Å². The first-order valence-electron chi connectivity index (χ1n) is 8.35. The van der Waals surface area contributed by atoms with Crippen LogP contribution >= 0.6 is 0 Å². The minimum Gasteiger partial charge on any atom is -0.416 e. The maximum atomic E-state index is 6.51. The molecular formula is C18H36OSi2. The van der Waals surface area contributed by atoms with Gasteiger partial charge in [-0.1, -0.05) is 73.2 Å². The zero-order valence-electron chi connectivity index (χ0n) is 15.7. The van der Waals surface area contributed by atoms with Crippen LogP contribution in [0.3, 0.4) is 0 Å². The summed E-state index contributed by atoms with van der Waals surface area (Å²) in [6, 6.07) is 0. The molecule has 0 bridgehead atoms. The summed E-state index contributed by atoms with van der Waals surface area (Å²) >= 11 is 0. The predicted molar refractivity (Wildman–Crippen MR) is 102 cm³/mol. The van der Waals surface area contributed by atoms with Crippen LogP contribution in [0.4, 0.5) is 0 Å². The summed E-state index contributed by atoms with van der Waals surface area (Å²) in [4.78, 5) is 0. The van der Waals surface area contributed by atoms with Crippen LogP contribution in [0.2, 0.25) is 36.3 Å². The molecule has 0 saturated carbocycles. The first-order valence-corrected chi connectivity index (χ1v) is 14.0. The lowest BCUT2D eigenvalue weighted by Crippen LogP contribution is -2.47. The molecule has 21 heavy (non-hydrogen) atoms. The summed E-state index contributed by atoms with van der Waals surface area (Å²) in [5.41, 5.74) is 5.33. The quantitative estimate of drug-likeness (QED) is 0.317. The molecule has 0 radical (unpaired) electrons. The van der Waals surface area contributed by atoms with Crippen molar-refractivity contribution in [2.45, 2.75) is 84.2 Å². The fraction of sp³-hybridized carbons (Fsp3) is 0.778. The van der Waals surface area contributed by atoms with Gasteiger partial charge in [0.25, 0.3) is 0 Å². The Kier molecular flexibility index (Phi) is 8.84. The standard InChI is InChI=1S/C18H36OSi2/c1-16(2)21(17(3)4,18(5)6)19-14-12-10-11-13-15-20(7,8)9/h10-11,16-18H,12,14H2,1-9H3/b11-10+. The fourth-order valence-electron chi connectivity index (χ4n) is 3.20. The largest absolute Gasteiger partial charge is 0.416 e. The van der Waals surface area contributed by atoms with Crippen molar-refractivity contribution in [2.24, 2.45) is 0 Å². The molecule has 0 saturated heterocycles. The van der Waals surface area contributed by atoms with Crippen molar-refractivity contribution in [1.29, 1.82) is 0 Å². The Hall–Kier alpha value is -0.306. The fourth-order valence-corrected chi connectivity index (χ4v) is 9.19. The van der Waals surface area contributed by atoms with Gasteiger partial charge in [-0.15, -0.1) is 5.54 Å². The van der Waals surface area contributed by atoms with Crippen LogP contribution in [0, 0.1) is 11.5 Å². The van der Waals surface area contributed by atoms with Crippen LogP contribution < -0.4 is 0 Å². The minimum absolute atomic E-state index is 0.660. The number of hydrogen-bond acceptors (Lipinski definition) is 1. The van der Waals surface area contributed by atoms with Crippen LogP contribution in [-0.4, -0.2) is 23.0 Å². The molecule has 122 valence electrons.